The Bertz CT molecular complexity index is 225. The van der Waals surface area contributed by atoms with Crippen LogP contribution in [0.15, 0.2) is 18.3 Å². The van der Waals surface area contributed by atoms with Gasteiger partial charge in [0.1, 0.15) is 0 Å². The van der Waals surface area contributed by atoms with E-state index >= 15 is 0 Å². The summed E-state index contributed by atoms with van der Waals surface area (Å²) in [6.45, 7) is 1.91. The topological polar surface area (TPSA) is 12.9 Å². The van der Waals surface area contributed by atoms with Gasteiger partial charge in [-0.3, -0.25) is 4.98 Å². The van der Waals surface area contributed by atoms with Gasteiger partial charge in [-0.05, 0) is 24.6 Å². The number of alkyl halides is 1. The molecule has 0 aliphatic heterocycles. The molecule has 0 aliphatic carbocycles. The summed E-state index contributed by atoms with van der Waals surface area (Å²) in [4.78, 5) is 3.84. The summed E-state index contributed by atoms with van der Waals surface area (Å²) >= 11 is 0. The number of aryl methyl sites for hydroxylation is 1. The Morgan fingerprint density at radius 3 is 2.80 bits per heavy atom. The molecule has 0 aromatic carbocycles. The van der Waals surface area contributed by atoms with Gasteiger partial charge in [-0.15, -0.1) is 0 Å². The van der Waals surface area contributed by atoms with E-state index in [1.54, 1.807) is 12.3 Å². The van der Waals surface area contributed by atoms with Gasteiger partial charge in [0, 0.05) is 6.20 Å². The number of halogens is 1. The van der Waals surface area contributed by atoms with Crippen LogP contribution in [0.4, 0.5) is 4.39 Å². The predicted octanol–water partition coefficient (Wildman–Crippen LogP) is 2.23. The zero-order valence-corrected chi connectivity index (χ0v) is 6.87. The van der Waals surface area contributed by atoms with Gasteiger partial charge in [-0.1, -0.05) is 9.24 Å². The maximum atomic E-state index is 12.5. The van der Waals surface area contributed by atoms with Crippen molar-refractivity contribution in [1.29, 1.82) is 0 Å². The first-order chi connectivity index (χ1) is 4.70. The van der Waals surface area contributed by atoms with Crippen molar-refractivity contribution in [3.8, 4) is 0 Å². The molecular formula is C7H9FNP. The van der Waals surface area contributed by atoms with Crippen LogP contribution in [0, 0.1) is 6.92 Å². The van der Waals surface area contributed by atoms with Crippen molar-refractivity contribution in [2.24, 2.45) is 0 Å². The second-order valence-corrected chi connectivity index (χ2v) is 2.75. The van der Waals surface area contributed by atoms with Crippen molar-refractivity contribution in [2.75, 3.05) is 0 Å². The number of hydrogen-bond donors (Lipinski definition) is 0. The van der Waals surface area contributed by atoms with Crippen LogP contribution in [0.5, 0.6) is 0 Å². The van der Waals surface area contributed by atoms with E-state index in [9.17, 15) is 4.39 Å². The molecule has 0 N–H and O–H groups in total. The molecular weight excluding hydrogens is 148 g/mol. The van der Waals surface area contributed by atoms with Gasteiger partial charge in [0.25, 0.3) is 0 Å². The van der Waals surface area contributed by atoms with Crippen molar-refractivity contribution in [2.45, 2.75) is 12.8 Å². The molecule has 2 unspecified atom stereocenters. The minimum absolute atomic E-state index is 0.477. The number of nitrogens with zero attached hydrogens (tertiary/aromatic N) is 1. The van der Waals surface area contributed by atoms with Crippen LogP contribution in [0.1, 0.15) is 17.2 Å². The van der Waals surface area contributed by atoms with Crippen molar-refractivity contribution in [1.82, 2.24) is 4.98 Å². The van der Waals surface area contributed by atoms with Gasteiger partial charge in [0.15, 0.2) is 5.91 Å². The van der Waals surface area contributed by atoms with E-state index in [2.05, 4.69) is 14.2 Å². The summed E-state index contributed by atoms with van der Waals surface area (Å²) in [5, 5.41) is 0. The zero-order valence-electron chi connectivity index (χ0n) is 5.71. The van der Waals surface area contributed by atoms with Crippen LogP contribution in [0.25, 0.3) is 0 Å². The second-order valence-electron chi connectivity index (χ2n) is 2.16. The van der Waals surface area contributed by atoms with Crippen LogP contribution < -0.4 is 0 Å². The van der Waals surface area contributed by atoms with Gasteiger partial charge < -0.3 is 0 Å². The molecule has 0 saturated heterocycles. The van der Waals surface area contributed by atoms with Crippen molar-refractivity contribution in [3.63, 3.8) is 0 Å². The molecule has 0 saturated carbocycles. The zero-order chi connectivity index (χ0) is 7.56. The third-order valence-electron chi connectivity index (χ3n) is 1.22. The standard InChI is InChI=1S/C7H9FNP/c1-5-2-3-9-6(4-5)7(8)10/h2-4,7H,10H2,1H3. The van der Waals surface area contributed by atoms with E-state index in [-0.39, 0.29) is 0 Å². The molecule has 2 atom stereocenters. The third kappa shape index (κ3) is 1.74. The lowest BCUT2D eigenvalue weighted by Crippen LogP contribution is -1.87. The van der Waals surface area contributed by atoms with Gasteiger partial charge in [0.2, 0.25) is 0 Å². The van der Waals surface area contributed by atoms with Gasteiger partial charge in [-0.2, -0.15) is 0 Å². The highest BCUT2D eigenvalue weighted by Crippen LogP contribution is 2.21. The van der Waals surface area contributed by atoms with Crippen LogP contribution >= 0.6 is 9.24 Å². The molecule has 0 aliphatic rings. The Labute approximate surface area is 61.9 Å². The summed E-state index contributed by atoms with van der Waals surface area (Å²) in [7, 11) is 2.07. The van der Waals surface area contributed by atoms with E-state index in [0.717, 1.165) is 5.56 Å². The molecule has 0 amide bonds. The first kappa shape index (κ1) is 7.62. The molecule has 1 nitrogen and oxygen atoms in total. The summed E-state index contributed by atoms with van der Waals surface area (Å²) in [6, 6.07) is 3.58. The Morgan fingerprint density at radius 2 is 2.40 bits per heavy atom. The van der Waals surface area contributed by atoms with E-state index in [1.807, 2.05) is 13.0 Å². The molecule has 10 heavy (non-hydrogen) atoms. The molecule has 0 bridgehead atoms. The molecule has 0 radical (unpaired) electrons. The fourth-order valence-electron chi connectivity index (χ4n) is 0.710. The SMILES string of the molecule is Cc1ccnc(C(F)P)c1. The summed E-state index contributed by atoms with van der Waals surface area (Å²) in [5.74, 6) is -1.04. The number of pyridine rings is 1. The second kappa shape index (κ2) is 3.07. The van der Waals surface area contributed by atoms with Crippen LogP contribution in [-0.4, -0.2) is 4.98 Å². The van der Waals surface area contributed by atoms with Gasteiger partial charge in [-0.25, -0.2) is 4.39 Å². The van der Waals surface area contributed by atoms with Crippen LogP contribution in [0.2, 0.25) is 0 Å². The lowest BCUT2D eigenvalue weighted by molar-refractivity contribution is 0.459. The monoisotopic (exact) mass is 157 g/mol. The fourth-order valence-corrected chi connectivity index (χ4v) is 0.893. The molecule has 1 rings (SSSR count). The van der Waals surface area contributed by atoms with Crippen LogP contribution in [-0.2, 0) is 0 Å². The minimum atomic E-state index is -1.04. The molecule has 0 fully saturated rings. The van der Waals surface area contributed by atoms with Crippen molar-refractivity contribution in [3.05, 3.63) is 29.6 Å². The number of rotatable bonds is 1. The van der Waals surface area contributed by atoms with Gasteiger partial charge >= 0.3 is 0 Å². The maximum absolute atomic E-state index is 12.5. The average molecular weight is 157 g/mol. The number of hydrogen-bond acceptors (Lipinski definition) is 1. The van der Waals surface area contributed by atoms with E-state index in [4.69, 9.17) is 0 Å². The molecule has 1 aromatic heterocycles. The summed E-state index contributed by atoms with van der Waals surface area (Å²) in [6.07, 6.45) is 1.61. The molecule has 1 heterocycles. The maximum Gasteiger partial charge on any atom is 0.155 e. The van der Waals surface area contributed by atoms with Crippen LogP contribution in [0.3, 0.4) is 0 Å². The lowest BCUT2D eigenvalue weighted by Gasteiger charge is -1.99. The Kier molecular flexibility index (Phi) is 2.34. The lowest BCUT2D eigenvalue weighted by atomic mass is 10.2. The molecule has 3 heteroatoms. The Hall–Kier alpha value is -0.490. The first-order valence-corrected chi connectivity index (χ1v) is 3.69. The van der Waals surface area contributed by atoms with E-state index in [0.29, 0.717) is 5.69 Å². The molecule has 1 aromatic rings. The summed E-state index contributed by atoms with van der Waals surface area (Å²) in [5.41, 5.74) is 1.51. The molecule has 54 valence electrons. The highest BCUT2D eigenvalue weighted by atomic mass is 31.0. The smallest absolute Gasteiger partial charge is 0.155 e. The summed E-state index contributed by atoms with van der Waals surface area (Å²) < 4.78 is 12.5. The Morgan fingerprint density at radius 1 is 1.70 bits per heavy atom. The average Bonchev–Trinajstić information content (AvgIpc) is 1.88. The number of aromatic nitrogens is 1. The normalized spacial score (nSPS) is 13.1. The fraction of sp³-hybridized carbons (Fsp3) is 0.286. The van der Waals surface area contributed by atoms with Gasteiger partial charge in [0.05, 0.1) is 5.69 Å². The molecule has 0 spiro atoms. The highest BCUT2D eigenvalue weighted by molar-refractivity contribution is 7.16. The van der Waals surface area contributed by atoms with Crippen molar-refractivity contribution < 1.29 is 4.39 Å². The van der Waals surface area contributed by atoms with E-state index in [1.165, 1.54) is 0 Å². The Balaban J connectivity index is 2.96. The quantitative estimate of drug-likeness (QED) is 0.569. The minimum Gasteiger partial charge on any atom is -0.258 e. The van der Waals surface area contributed by atoms with E-state index < -0.39 is 5.91 Å². The highest BCUT2D eigenvalue weighted by Gasteiger charge is 2.02. The first-order valence-electron chi connectivity index (χ1n) is 3.02. The van der Waals surface area contributed by atoms with Crippen molar-refractivity contribution >= 4 is 9.24 Å². The largest absolute Gasteiger partial charge is 0.258 e. The third-order valence-corrected chi connectivity index (χ3v) is 1.56. The predicted molar refractivity (Wildman–Crippen MR) is 42.5 cm³/mol.